The first kappa shape index (κ1) is 12.4. The number of hydrogen-bond acceptors (Lipinski definition) is 4. The van der Waals surface area contributed by atoms with Crippen LogP contribution in [0.15, 0.2) is 12.4 Å². The third-order valence-corrected chi connectivity index (χ3v) is 2.14. The first-order valence-electron chi connectivity index (χ1n) is 4.72. The van der Waals surface area contributed by atoms with Gasteiger partial charge in [-0.25, -0.2) is 9.97 Å². The molecule has 0 saturated heterocycles. The Morgan fingerprint density at radius 2 is 2.19 bits per heavy atom. The lowest BCUT2D eigenvalue weighted by atomic mass is 10.1. The molecule has 1 rings (SSSR count). The average Bonchev–Trinajstić information content (AvgIpc) is 2.26. The van der Waals surface area contributed by atoms with Crippen molar-refractivity contribution < 1.29 is 4.79 Å². The quantitative estimate of drug-likeness (QED) is 0.864. The van der Waals surface area contributed by atoms with E-state index < -0.39 is 11.9 Å². The topological polar surface area (TPSA) is 78.7 Å². The summed E-state index contributed by atoms with van der Waals surface area (Å²) in [4.78, 5) is 19.2. The van der Waals surface area contributed by atoms with Gasteiger partial charge in [-0.15, -0.1) is 0 Å². The SMILES string of the molecule is CC(C)C(C#N)NC(=O)c1cnc(Cl)cn1. The van der Waals surface area contributed by atoms with Gasteiger partial charge in [-0.3, -0.25) is 4.79 Å². The smallest absolute Gasteiger partial charge is 0.272 e. The third-order valence-electron chi connectivity index (χ3n) is 1.95. The summed E-state index contributed by atoms with van der Waals surface area (Å²) in [5.41, 5.74) is 0.144. The van der Waals surface area contributed by atoms with E-state index in [2.05, 4.69) is 15.3 Å². The van der Waals surface area contributed by atoms with Crippen molar-refractivity contribution in [1.29, 1.82) is 5.26 Å². The molecule has 1 N–H and O–H groups in total. The van der Waals surface area contributed by atoms with E-state index in [4.69, 9.17) is 16.9 Å². The zero-order chi connectivity index (χ0) is 12.1. The number of carbonyl (C=O) groups is 1. The molecule has 0 spiro atoms. The fraction of sp³-hybridized carbons (Fsp3) is 0.400. The van der Waals surface area contributed by atoms with Gasteiger partial charge >= 0.3 is 0 Å². The molecular formula is C10H11ClN4O. The zero-order valence-corrected chi connectivity index (χ0v) is 9.69. The normalized spacial score (nSPS) is 11.9. The molecule has 0 bridgehead atoms. The van der Waals surface area contributed by atoms with Gasteiger partial charge in [0.25, 0.3) is 5.91 Å². The number of rotatable bonds is 3. The van der Waals surface area contributed by atoms with Gasteiger partial charge in [-0.1, -0.05) is 25.4 Å². The van der Waals surface area contributed by atoms with Gasteiger partial charge in [-0.05, 0) is 5.92 Å². The van der Waals surface area contributed by atoms with E-state index in [-0.39, 0.29) is 16.8 Å². The predicted octanol–water partition coefficient (Wildman–Crippen LogP) is 1.41. The third kappa shape index (κ3) is 3.17. The molecule has 0 aliphatic heterocycles. The van der Waals surface area contributed by atoms with Crippen LogP contribution in [0.1, 0.15) is 24.3 Å². The highest BCUT2D eigenvalue weighted by molar-refractivity contribution is 6.29. The average molecular weight is 239 g/mol. The van der Waals surface area contributed by atoms with Crippen LogP contribution in [0.25, 0.3) is 0 Å². The molecule has 84 valence electrons. The Kier molecular flexibility index (Phi) is 4.20. The van der Waals surface area contributed by atoms with Crippen LogP contribution in [-0.2, 0) is 0 Å². The number of nitrogens with one attached hydrogen (secondary N) is 1. The monoisotopic (exact) mass is 238 g/mol. The highest BCUT2D eigenvalue weighted by Crippen LogP contribution is 2.04. The molecule has 0 aromatic carbocycles. The molecule has 0 radical (unpaired) electrons. The van der Waals surface area contributed by atoms with Crippen LogP contribution in [0.4, 0.5) is 0 Å². The van der Waals surface area contributed by atoms with E-state index >= 15 is 0 Å². The maximum atomic E-state index is 11.6. The number of carbonyl (C=O) groups excluding carboxylic acids is 1. The molecule has 6 heteroatoms. The summed E-state index contributed by atoms with van der Waals surface area (Å²) < 4.78 is 0. The summed E-state index contributed by atoms with van der Waals surface area (Å²) >= 11 is 5.54. The van der Waals surface area contributed by atoms with E-state index in [1.165, 1.54) is 12.4 Å². The van der Waals surface area contributed by atoms with Gasteiger partial charge < -0.3 is 5.32 Å². The lowest BCUT2D eigenvalue weighted by molar-refractivity contribution is 0.0932. The molecule has 1 heterocycles. The minimum Gasteiger partial charge on any atom is -0.335 e. The lowest BCUT2D eigenvalue weighted by Crippen LogP contribution is -2.37. The summed E-state index contributed by atoms with van der Waals surface area (Å²) in [7, 11) is 0. The number of amides is 1. The molecule has 0 aliphatic rings. The molecule has 1 atom stereocenters. The number of hydrogen-bond donors (Lipinski definition) is 1. The van der Waals surface area contributed by atoms with Gasteiger partial charge in [0, 0.05) is 0 Å². The van der Waals surface area contributed by atoms with E-state index in [0.29, 0.717) is 0 Å². The lowest BCUT2D eigenvalue weighted by Gasteiger charge is -2.14. The van der Waals surface area contributed by atoms with Gasteiger partial charge in [0.1, 0.15) is 16.9 Å². The van der Waals surface area contributed by atoms with E-state index in [1.807, 2.05) is 19.9 Å². The first-order valence-corrected chi connectivity index (χ1v) is 5.10. The fourth-order valence-electron chi connectivity index (χ4n) is 0.993. The van der Waals surface area contributed by atoms with Gasteiger partial charge in [-0.2, -0.15) is 5.26 Å². The number of nitriles is 1. The van der Waals surface area contributed by atoms with Crippen LogP contribution in [0.5, 0.6) is 0 Å². The van der Waals surface area contributed by atoms with E-state index in [1.54, 1.807) is 0 Å². The molecule has 0 aliphatic carbocycles. The first-order chi connectivity index (χ1) is 7.54. The summed E-state index contributed by atoms with van der Waals surface area (Å²) in [5.74, 6) is -0.390. The Morgan fingerprint density at radius 3 is 2.62 bits per heavy atom. The van der Waals surface area contributed by atoms with Crippen molar-refractivity contribution in [3.63, 3.8) is 0 Å². The molecule has 1 aromatic heterocycles. The van der Waals surface area contributed by atoms with Crippen molar-refractivity contribution in [2.24, 2.45) is 5.92 Å². The molecule has 1 amide bonds. The van der Waals surface area contributed by atoms with Crippen molar-refractivity contribution in [1.82, 2.24) is 15.3 Å². The fourth-order valence-corrected chi connectivity index (χ4v) is 1.09. The van der Waals surface area contributed by atoms with E-state index in [9.17, 15) is 4.79 Å². The molecular weight excluding hydrogens is 228 g/mol. The van der Waals surface area contributed by atoms with Gasteiger partial charge in [0.2, 0.25) is 0 Å². The second kappa shape index (κ2) is 5.42. The minimum atomic E-state index is -0.537. The van der Waals surface area contributed by atoms with Crippen LogP contribution < -0.4 is 5.32 Å². The van der Waals surface area contributed by atoms with E-state index in [0.717, 1.165) is 0 Å². The zero-order valence-electron chi connectivity index (χ0n) is 8.94. The second-order valence-electron chi connectivity index (χ2n) is 3.55. The largest absolute Gasteiger partial charge is 0.335 e. The number of aromatic nitrogens is 2. The van der Waals surface area contributed by atoms with Crippen molar-refractivity contribution in [2.45, 2.75) is 19.9 Å². The Hall–Kier alpha value is -1.67. The molecule has 5 nitrogen and oxygen atoms in total. The van der Waals surface area contributed by atoms with Crippen molar-refractivity contribution >= 4 is 17.5 Å². The van der Waals surface area contributed by atoms with Crippen LogP contribution in [0, 0.1) is 17.2 Å². The maximum absolute atomic E-state index is 11.6. The Bertz CT molecular complexity index is 410. The molecule has 0 saturated carbocycles. The minimum absolute atomic E-state index is 0.0363. The molecule has 0 fully saturated rings. The number of nitrogens with zero attached hydrogens (tertiary/aromatic N) is 3. The van der Waals surface area contributed by atoms with Gasteiger partial charge in [0.15, 0.2) is 0 Å². The highest BCUT2D eigenvalue weighted by Gasteiger charge is 2.17. The molecule has 1 unspecified atom stereocenters. The second-order valence-corrected chi connectivity index (χ2v) is 3.94. The summed E-state index contributed by atoms with van der Waals surface area (Å²) in [6.45, 7) is 3.70. The van der Waals surface area contributed by atoms with Crippen LogP contribution >= 0.6 is 11.6 Å². The molecule has 1 aromatic rings. The van der Waals surface area contributed by atoms with Gasteiger partial charge in [0.05, 0.1) is 18.5 Å². The Morgan fingerprint density at radius 1 is 1.50 bits per heavy atom. The van der Waals surface area contributed by atoms with Crippen LogP contribution in [0.3, 0.4) is 0 Å². The summed E-state index contributed by atoms with van der Waals surface area (Å²) in [6.07, 6.45) is 2.56. The Balaban J connectivity index is 2.73. The van der Waals surface area contributed by atoms with Crippen LogP contribution in [0.2, 0.25) is 5.15 Å². The standard InChI is InChI=1S/C10H11ClN4O/c1-6(2)7(3-12)15-10(16)8-4-14-9(11)5-13-8/h4-7H,1-2H3,(H,15,16). The van der Waals surface area contributed by atoms with Crippen LogP contribution in [-0.4, -0.2) is 21.9 Å². The summed E-state index contributed by atoms with van der Waals surface area (Å²) in [6, 6.07) is 1.47. The maximum Gasteiger partial charge on any atom is 0.272 e. The highest BCUT2D eigenvalue weighted by atomic mass is 35.5. The Labute approximate surface area is 98.5 Å². The molecule has 16 heavy (non-hydrogen) atoms. The van der Waals surface area contributed by atoms with Crippen molar-refractivity contribution in [3.8, 4) is 6.07 Å². The summed E-state index contributed by atoms with van der Waals surface area (Å²) in [5, 5.41) is 11.6. The predicted molar refractivity (Wildman–Crippen MR) is 58.7 cm³/mol. The van der Waals surface area contributed by atoms with Crippen molar-refractivity contribution in [2.75, 3.05) is 0 Å². The van der Waals surface area contributed by atoms with Crippen molar-refractivity contribution in [3.05, 3.63) is 23.2 Å². The number of halogens is 1.